The molecule has 0 radical (unpaired) electrons. The zero-order valence-electron chi connectivity index (χ0n) is 16.5. The lowest BCUT2D eigenvalue weighted by molar-refractivity contribution is 0.0600. The highest BCUT2D eigenvalue weighted by atomic mass is 35.5. The number of methoxy groups -OCH3 is 1. The number of hydrogen-bond acceptors (Lipinski definition) is 5. The van der Waals surface area contributed by atoms with Gasteiger partial charge in [-0.1, -0.05) is 11.6 Å². The van der Waals surface area contributed by atoms with Gasteiger partial charge in [-0.05, 0) is 49.4 Å². The molecule has 2 aromatic heterocycles. The van der Waals surface area contributed by atoms with E-state index in [0.29, 0.717) is 16.8 Å². The molecule has 31 heavy (non-hydrogen) atoms. The van der Waals surface area contributed by atoms with Crippen LogP contribution in [0.3, 0.4) is 0 Å². The van der Waals surface area contributed by atoms with Gasteiger partial charge in [0.15, 0.2) is 10.9 Å². The van der Waals surface area contributed by atoms with E-state index in [1.807, 2.05) is 0 Å². The number of halogens is 3. The molecule has 2 heterocycles. The summed E-state index contributed by atoms with van der Waals surface area (Å²) in [5.74, 6) is -1.78. The zero-order valence-corrected chi connectivity index (χ0v) is 17.2. The van der Waals surface area contributed by atoms with Gasteiger partial charge in [0.25, 0.3) is 0 Å². The monoisotopic (exact) mass is 443 g/mol. The first kappa shape index (κ1) is 20.7. The van der Waals surface area contributed by atoms with Crippen LogP contribution in [0, 0.1) is 11.6 Å². The maximum Gasteiger partial charge on any atom is 0.337 e. The van der Waals surface area contributed by atoms with E-state index in [9.17, 15) is 13.6 Å². The lowest BCUT2D eigenvalue weighted by Crippen LogP contribution is -2.12. The van der Waals surface area contributed by atoms with Crippen molar-refractivity contribution in [2.45, 2.75) is 13.0 Å². The van der Waals surface area contributed by atoms with Crippen LogP contribution in [-0.4, -0.2) is 27.8 Å². The number of carbonyl (C=O) groups excluding carboxylic acids is 1. The normalized spacial score (nSPS) is 12.0. The molecular formula is C22H16ClF2N3O3. The van der Waals surface area contributed by atoms with Crippen molar-refractivity contribution in [1.82, 2.24) is 14.8 Å². The second-order valence-corrected chi connectivity index (χ2v) is 7.04. The number of rotatable bonds is 5. The third kappa shape index (κ3) is 3.94. The second kappa shape index (κ2) is 8.31. The molecule has 4 aromatic rings. The smallest absolute Gasteiger partial charge is 0.337 e. The second-order valence-electron chi connectivity index (χ2n) is 6.68. The molecule has 1 unspecified atom stereocenters. The Morgan fingerprint density at radius 2 is 1.94 bits per heavy atom. The molecule has 0 fully saturated rings. The number of hydrogen-bond donors (Lipinski definition) is 0. The molecule has 158 valence electrons. The van der Waals surface area contributed by atoms with Crippen LogP contribution in [0.4, 0.5) is 8.78 Å². The third-order valence-electron chi connectivity index (χ3n) is 4.74. The number of pyridine rings is 1. The highest BCUT2D eigenvalue weighted by Crippen LogP contribution is 2.34. The summed E-state index contributed by atoms with van der Waals surface area (Å²) in [7, 11) is 1.29. The SMILES string of the molecule is COC(=O)c1ccc(-n2cccn2)c(C(C)Oc2cc3c(F)ccc(F)c3nc2Cl)c1. The third-order valence-corrected chi connectivity index (χ3v) is 5.02. The number of benzene rings is 2. The van der Waals surface area contributed by atoms with Gasteiger partial charge in [0.2, 0.25) is 0 Å². The van der Waals surface area contributed by atoms with Gasteiger partial charge in [0.1, 0.15) is 23.3 Å². The minimum atomic E-state index is -0.690. The van der Waals surface area contributed by atoms with Crippen LogP contribution in [0.15, 0.2) is 54.9 Å². The van der Waals surface area contributed by atoms with Gasteiger partial charge in [-0.15, -0.1) is 0 Å². The summed E-state index contributed by atoms with van der Waals surface area (Å²) in [4.78, 5) is 16.0. The Balaban J connectivity index is 1.77. The molecule has 0 aliphatic carbocycles. The Morgan fingerprint density at radius 3 is 2.65 bits per heavy atom. The molecule has 0 amide bonds. The zero-order chi connectivity index (χ0) is 22.1. The highest BCUT2D eigenvalue weighted by Gasteiger charge is 2.20. The van der Waals surface area contributed by atoms with Crippen LogP contribution < -0.4 is 4.74 Å². The summed E-state index contributed by atoms with van der Waals surface area (Å²) in [5.41, 5.74) is 1.39. The molecule has 0 N–H and O–H groups in total. The molecule has 0 saturated carbocycles. The van der Waals surface area contributed by atoms with E-state index in [2.05, 4.69) is 10.1 Å². The van der Waals surface area contributed by atoms with Crippen molar-refractivity contribution >= 4 is 28.5 Å². The van der Waals surface area contributed by atoms with Gasteiger partial charge < -0.3 is 9.47 Å². The number of carbonyl (C=O) groups is 1. The molecule has 1 atom stereocenters. The molecule has 0 spiro atoms. The lowest BCUT2D eigenvalue weighted by Gasteiger charge is -2.20. The van der Waals surface area contributed by atoms with Crippen molar-refractivity contribution in [2.24, 2.45) is 0 Å². The van der Waals surface area contributed by atoms with Crippen molar-refractivity contribution in [3.05, 3.63) is 82.8 Å². The van der Waals surface area contributed by atoms with Crippen molar-refractivity contribution in [3.63, 3.8) is 0 Å². The predicted octanol–water partition coefficient (Wildman–Crippen LogP) is 5.28. The lowest BCUT2D eigenvalue weighted by atomic mass is 10.0. The topological polar surface area (TPSA) is 66.2 Å². The van der Waals surface area contributed by atoms with Crippen LogP contribution in [0.1, 0.15) is 28.9 Å². The largest absolute Gasteiger partial charge is 0.483 e. The fourth-order valence-electron chi connectivity index (χ4n) is 3.23. The average Bonchev–Trinajstić information content (AvgIpc) is 3.31. The van der Waals surface area contributed by atoms with E-state index in [1.54, 1.807) is 48.3 Å². The molecule has 0 saturated heterocycles. The summed E-state index contributed by atoms with van der Waals surface area (Å²) < 4.78 is 40.6. The van der Waals surface area contributed by atoms with E-state index < -0.39 is 23.7 Å². The minimum absolute atomic E-state index is 0.0535. The number of fused-ring (bicyclic) bond motifs is 1. The first-order chi connectivity index (χ1) is 14.9. The van der Waals surface area contributed by atoms with E-state index in [1.165, 1.54) is 13.2 Å². The van der Waals surface area contributed by atoms with Gasteiger partial charge >= 0.3 is 5.97 Å². The number of aromatic nitrogens is 3. The van der Waals surface area contributed by atoms with Crippen LogP contribution in [0.5, 0.6) is 5.75 Å². The van der Waals surface area contributed by atoms with E-state index >= 15 is 0 Å². The first-order valence-electron chi connectivity index (χ1n) is 9.22. The summed E-state index contributed by atoms with van der Waals surface area (Å²) in [5, 5.41) is 4.06. The summed E-state index contributed by atoms with van der Waals surface area (Å²) in [6.45, 7) is 1.73. The molecule has 4 rings (SSSR count). The van der Waals surface area contributed by atoms with Gasteiger partial charge in [0, 0.05) is 23.3 Å². The fourth-order valence-corrected chi connectivity index (χ4v) is 3.42. The molecule has 9 heteroatoms. The van der Waals surface area contributed by atoms with Crippen LogP contribution >= 0.6 is 11.6 Å². The Bertz CT molecular complexity index is 1280. The summed E-state index contributed by atoms with van der Waals surface area (Å²) in [6, 6.07) is 10.00. The Morgan fingerprint density at radius 1 is 1.16 bits per heavy atom. The van der Waals surface area contributed by atoms with Crippen LogP contribution in [-0.2, 0) is 4.74 Å². The van der Waals surface area contributed by atoms with Crippen LogP contribution in [0.25, 0.3) is 16.6 Å². The highest BCUT2D eigenvalue weighted by molar-refractivity contribution is 6.31. The molecule has 2 aromatic carbocycles. The molecular weight excluding hydrogens is 428 g/mol. The standard InChI is InChI=1S/C22H16ClF2N3O3/c1-12(31-19-11-15-16(24)5-6-17(25)20(15)27-21(19)23)14-10-13(22(29)30-2)4-7-18(14)28-9-3-8-26-28/h3-12H,1-2H3. The van der Waals surface area contributed by atoms with Crippen LogP contribution in [0.2, 0.25) is 5.15 Å². The van der Waals surface area contributed by atoms with Crippen molar-refractivity contribution < 1.29 is 23.0 Å². The van der Waals surface area contributed by atoms with E-state index in [0.717, 1.165) is 12.1 Å². The van der Waals surface area contributed by atoms with Gasteiger partial charge in [-0.3, -0.25) is 0 Å². The van der Waals surface area contributed by atoms with E-state index in [4.69, 9.17) is 21.1 Å². The Labute approximate surface area is 181 Å². The van der Waals surface area contributed by atoms with Crippen molar-refractivity contribution in [3.8, 4) is 11.4 Å². The minimum Gasteiger partial charge on any atom is -0.483 e. The van der Waals surface area contributed by atoms with Gasteiger partial charge in [-0.25, -0.2) is 23.2 Å². The number of nitrogens with zero attached hydrogens (tertiary/aromatic N) is 3. The average molecular weight is 444 g/mol. The first-order valence-corrected chi connectivity index (χ1v) is 9.60. The number of esters is 1. The molecule has 0 aliphatic rings. The maximum absolute atomic E-state index is 14.2. The maximum atomic E-state index is 14.2. The van der Waals surface area contributed by atoms with Crippen molar-refractivity contribution in [2.75, 3.05) is 7.11 Å². The number of ether oxygens (including phenoxy) is 2. The van der Waals surface area contributed by atoms with Gasteiger partial charge in [0.05, 0.1) is 18.4 Å². The summed E-state index contributed by atoms with van der Waals surface area (Å²) in [6.07, 6.45) is 2.70. The molecule has 6 nitrogen and oxygen atoms in total. The van der Waals surface area contributed by atoms with Gasteiger partial charge in [-0.2, -0.15) is 5.10 Å². The Hall–Kier alpha value is -3.52. The van der Waals surface area contributed by atoms with E-state index in [-0.39, 0.29) is 21.8 Å². The molecule has 0 aliphatic heterocycles. The Kier molecular flexibility index (Phi) is 5.56. The predicted molar refractivity (Wildman–Crippen MR) is 111 cm³/mol. The fraction of sp³-hybridized carbons (Fsp3) is 0.136. The quantitative estimate of drug-likeness (QED) is 0.310. The summed E-state index contributed by atoms with van der Waals surface area (Å²) >= 11 is 6.19. The molecule has 0 bridgehead atoms. The van der Waals surface area contributed by atoms with Crippen molar-refractivity contribution in [1.29, 1.82) is 0 Å².